The molecule has 7 heterocycles. The molecule has 8 nitrogen and oxygen atoms in total. The quantitative estimate of drug-likeness (QED) is 0.0883. The molecule has 0 saturated carbocycles. The van der Waals surface area contributed by atoms with E-state index in [2.05, 4.69) is 466 Å². The van der Waals surface area contributed by atoms with Crippen molar-refractivity contribution in [2.75, 3.05) is 134 Å². The van der Waals surface area contributed by atoms with Gasteiger partial charge in [-0.05, 0) is 381 Å². The number of likely N-dealkylation sites (tertiary alicyclic amines) is 7. The molecule has 674 valence electrons. The number of rotatable bonds is 16. The van der Waals surface area contributed by atoms with E-state index in [1.54, 1.807) is 0 Å². The summed E-state index contributed by atoms with van der Waals surface area (Å²) in [5, 5.41) is 0. The third-order valence-corrected chi connectivity index (χ3v) is 35.0. The lowest BCUT2D eigenvalue weighted by Gasteiger charge is -2.44. The molecule has 0 atom stereocenters. The summed E-state index contributed by atoms with van der Waals surface area (Å²) in [6.45, 7) is 25.7. The Hall–Kier alpha value is -8.28. The van der Waals surface area contributed by atoms with Crippen molar-refractivity contribution in [2.24, 2.45) is 11.3 Å². The minimum atomic E-state index is -0.0146. The number of hydrogen-bond donors (Lipinski definition) is 0. The summed E-state index contributed by atoms with van der Waals surface area (Å²) < 4.78 is 0. The van der Waals surface area contributed by atoms with E-state index in [1.165, 1.54) is 247 Å². The highest BCUT2D eigenvalue weighted by Crippen LogP contribution is 2.38. The lowest BCUT2D eigenvalue weighted by atomic mass is 9.75. The van der Waals surface area contributed by atoms with E-state index < -0.39 is 0 Å². The van der Waals surface area contributed by atoms with Crippen LogP contribution in [-0.4, -0.2) is 197 Å². The molecule has 0 radical (unpaired) electrons. The minimum Gasteiger partial charge on any atom is -0.306 e. The average molecular weight is 1780 g/mol. The summed E-state index contributed by atoms with van der Waals surface area (Å²) in [4.78, 5) is 36.7. The summed E-state index contributed by atoms with van der Waals surface area (Å²) in [5.74, 6) is 0.935. The zero-order valence-electron chi connectivity index (χ0n) is 78.7. The first kappa shape index (κ1) is 98.7. The van der Waals surface area contributed by atoms with Crippen LogP contribution in [0, 0.1) is 11.3 Å². The lowest BCUT2D eigenvalue weighted by molar-refractivity contribution is 0.0566. The molecule has 7 saturated heterocycles. The van der Waals surface area contributed by atoms with Gasteiger partial charge in [-0.15, -0.1) is 0 Å². The molecule has 0 spiro atoms. The van der Waals surface area contributed by atoms with E-state index in [0.29, 0.717) is 5.41 Å². The molecule has 0 N–H and O–H groups in total. The second-order valence-corrected chi connectivity index (χ2v) is 44.7. The molecule has 12 aromatic rings. The maximum Gasteiger partial charge on any atom is 0.166 e. The van der Waals surface area contributed by atoms with Crippen LogP contribution in [0.15, 0.2) is 423 Å². The van der Waals surface area contributed by atoms with Gasteiger partial charge in [0.25, 0.3) is 0 Å². The summed E-state index contributed by atoms with van der Waals surface area (Å²) in [6.07, 6.45) is 21.1. The Bertz CT molecular complexity index is 3960. The van der Waals surface area contributed by atoms with Crippen molar-refractivity contribution in [2.45, 2.75) is 200 Å². The SMILES string of the molecule is CN1CCC(N(C)C)CC1.CN1CCC(N2CCC(C(C)(C)C)CC2)CC1.CN1CCC(N2CCCC2)CC1.CN1CCC(N2CCCCC2)CC1.c1ccc([S+](c2ccccc2)c2ccccc2)cc1.c1ccc([S+](c2ccccc2)c2ccccc2)cc1.c1ccc([S+](c2ccccc2)c2ccccc2)cc1.c1ccc([S+](c2ccccc2)c2ccccc2)cc1. The van der Waals surface area contributed by atoms with E-state index in [0.717, 1.165) is 30.1 Å². The van der Waals surface area contributed by atoms with Gasteiger partial charge in [0.05, 0.1) is 43.6 Å². The van der Waals surface area contributed by atoms with Crippen molar-refractivity contribution >= 4 is 43.6 Å². The van der Waals surface area contributed by atoms with Crippen LogP contribution in [0.3, 0.4) is 0 Å². The van der Waals surface area contributed by atoms with Gasteiger partial charge >= 0.3 is 0 Å². The zero-order valence-corrected chi connectivity index (χ0v) is 82.0. The Morgan fingerprint density at radius 2 is 0.359 bits per heavy atom. The van der Waals surface area contributed by atoms with Gasteiger partial charge in [-0.25, -0.2) is 0 Å². The molecule has 12 heteroatoms. The van der Waals surface area contributed by atoms with Crippen LogP contribution in [0.25, 0.3) is 0 Å². The molecule has 7 fully saturated rings. The fourth-order valence-corrected chi connectivity index (χ4v) is 26.8. The van der Waals surface area contributed by atoms with E-state index in [-0.39, 0.29) is 43.6 Å². The van der Waals surface area contributed by atoms with Crippen LogP contribution < -0.4 is 0 Å². The van der Waals surface area contributed by atoms with E-state index in [1.807, 2.05) is 0 Å². The number of benzene rings is 12. The van der Waals surface area contributed by atoms with Crippen molar-refractivity contribution in [1.29, 1.82) is 0 Å². The van der Waals surface area contributed by atoms with Crippen LogP contribution in [0.5, 0.6) is 0 Å². The molecule has 128 heavy (non-hydrogen) atoms. The van der Waals surface area contributed by atoms with Crippen LogP contribution in [0.2, 0.25) is 0 Å². The highest BCUT2D eigenvalue weighted by molar-refractivity contribution is 7.98. The summed E-state index contributed by atoms with van der Waals surface area (Å²) in [6, 6.07) is 132. The Kier molecular flexibility index (Phi) is 42.1. The number of hydrogen-bond acceptors (Lipinski definition) is 8. The lowest BCUT2D eigenvalue weighted by Crippen LogP contribution is -2.48. The molecular weight excluding hydrogens is 1630 g/mol. The van der Waals surface area contributed by atoms with Crippen LogP contribution in [0.1, 0.15) is 117 Å². The van der Waals surface area contributed by atoms with Crippen molar-refractivity contribution in [3.8, 4) is 0 Å². The molecule has 12 aromatic carbocycles. The maximum absolute atomic E-state index is 2.77. The van der Waals surface area contributed by atoms with Gasteiger partial charge in [-0.2, -0.15) is 0 Å². The van der Waals surface area contributed by atoms with Crippen molar-refractivity contribution in [3.63, 3.8) is 0 Å². The first-order valence-corrected chi connectivity index (χ1v) is 52.8. The third kappa shape index (κ3) is 32.3. The zero-order chi connectivity index (χ0) is 89.2. The standard InChI is InChI=1S/4C18H15S.C15H30N2.C11H22N2.C10H20N2.C8H18N2/c4*1-4-10-16(11-5-1)19(17-12-6-2-7-13-17)18-14-8-3-9-15-18;1-15(2,3)13-5-11-17(12-6-13)14-7-9-16(4)10-8-14;1-12-9-5-11(6-10-12)13-7-3-2-4-8-13;1-11-8-4-10(5-9-11)12-6-2-3-7-12;1-9(2)8-4-6-10(3)7-5-8/h4*1-15H;13-14H,5-12H2,1-4H3;11H,2-10H2,1H3;10H,2-9H2,1H3;8H,4-7H2,1-3H3/q4*+1;;;;. The average Bonchev–Trinajstić information content (AvgIpc) is 1.18. The van der Waals surface area contributed by atoms with Crippen molar-refractivity contribution in [3.05, 3.63) is 364 Å². The predicted molar refractivity (Wildman–Crippen MR) is 552 cm³/mol. The van der Waals surface area contributed by atoms with E-state index in [9.17, 15) is 0 Å². The van der Waals surface area contributed by atoms with Crippen molar-refractivity contribution in [1.82, 2.24) is 39.2 Å². The van der Waals surface area contributed by atoms with Crippen molar-refractivity contribution < 1.29 is 0 Å². The van der Waals surface area contributed by atoms with Gasteiger partial charge in [0.1, 0.15) is 0 Å². The monoisotopic (exact) mass is 1780 g/mol. The van der Waals surface area contributed by atoms with Gasteiger partial charge in [0, 0.05) is 24.2 Å². The van der Waals surface area contributed by atoms with E-state index in [4.69, 9.17) is 0 Å². The van der Waals surface area contributed by atoms with Crippen LogP contribution in [-0.2, 0) is 43.6 Å². The van der Waals surface area contributed by atoms with E-state index >= 15 is 0 Å². The molecule has 0 bridgehead atoms. The Morgan fingerprint density at radius 1 is 0.203 bits per heavy atom. The van der Waals surface area contributed by atoms with Gasteiger partial charge in [0.2, 0.25) is 0 Å². The molecule has 7 aliphatic rings. The fraction of sp³-hybridized carbons (Fsp3) is 0.379. The summed E-state index contributed by atoms with van der Waals surface area (Å²) in [5.41, 5.74) is 0.513. The van der Waals surface area contributed by atoms with Crippen LogP contribution in [0.4, 0.5) is 0 Å². The minimum absolute atomic E-state index is 0.0146. The molecule has 0 aromatic heterocycles. The normalized spacial score (nSPS) is 17.6. The largest absolute Gasteiger partial charge is 0.306 e. The smallest absolute Gasteiger partial charge is 0.166 e. The van der Waals surface area contributed by atoms with Crippen LogP contribution >= 0.6 is 0 Å². The molecule has 0 unspecified atom stereocenters. The molecule has 19 rings (SSSR count). The maximum atomic E-state index is 2.77. The Labute approximate surface area is 786 Å². The first-order chi connectivity index (χ1) is 62.7. The predicted octanol–water partition coefficient (Wildman–Crippen LogP) is 25.4. The van der Waals surface area contributed by atoms with Gasteiger partial charge in [-0.1, -0.05) is 246 Å². The second-order valence-electron chi connectivity index (χ2n) is 36.6. The Balaban J connectivity index is 0.000000134. The summed E-state index contributed by atoms with van der Waals surface area (Å²) >= 11 is 0. The third-order valence-electron chi connectivity index (χ3n) is 26.1. The topological polar surface area (TPSA) is 25.9 Å². The van der Waals surface area contributed by atoms with Gasteiger partial charge < -0.3 is 39.2 Å². The molecule has 0 aliphatic carbocycles. The first-order valence-electron chi connectivity index (χ1n) is 47.9. The fourth-order valence-electron chi connectivity index (χ4n) is 18.4. The van der Waals surface area contributed by atoms with Gasteiger partial charge in [0.15, 0.2) is 58.7 Å². The molecular formula is C116H150N8S4+4. The van der Waals surface area contributed by atoms with Gasteiger partial charge in [-0.3, -0.25) is 0 Å². The molecule has 0 amide bonds. The second kappa shape index (κ2) is 54.5. The summed E-state index contributed by atoms with van der Waals surface area (Å²) in [7, 11) is 13.2. The number of piperidine rings is 6. The number of nitrogens with zero attached hydrogens (tertiary/aromatic N) is 8. The highest BCUT2D eigenvalue weighted by atomic mass is 32.2. The highest BCUT2D eigenvalue weighted by Gasteiger charge is 2.35. The Morgan fingerprint density at radius 3 is 0.523 bits per heavy atom. The molecule has 7 aliphatic heterocycles.